The zero-order valence-electron chi connectivity index (χ0n) is 10.0. The number of nitrogens with zero attached hydrogens (tertiary/aromatic N) is 1. The number of piperidine rings is 1. The zero-order valence-corrected chi connectivity index (χ0v) is 10.9. The number of aliphatic hydroxyl groups is 1. The van der Waals surface area contributed by atoms with Crippen molar-refractivity contribution in [3.05, 3.63) is 18.5 Å². The molecule has 0 radical (unpaired) electrons. The van der Waals surface area contributed by atoms with Gasteiger partial charge in [-0.1, -0.05) is 13.8 Å². The first-order valence-electron chi connectivity index (χ1n) is 5.65. The molecule has 5 nitrogen and oxygen atoms in total. The molecule has 0 amide bonds. The quantitative estimate of drug-likeness (QED) is 0.824. The van der Waals surface area contributed by atoms with Crippen molar-refractivity contribution in [2.75, 3.05) is 13.1 Å². The molecule has 1 aromatic rings. The van der Waals surface area contributed by atoms with Crippen LogP contribution in [-0.2, 0) is 10.0 Å². The van der Waals surface area contributed by atoms with E-state index < -0.39 is 16.1 Å². The van der Waals surface area contributed by atoms with E-state index in [0.29, 0.717) is 13.0 Å². The highest BCUT2D eigenvalue weighted by Crippen LogP contribution is 2.32. The van der Waals surface area contributed by atoms with E-state index in [9.17, 15) is 13.5 Å². The van der Waals surface area contributed by atoms with Crippen LogP contribution >= 0.6 is 0 Å². The first kappa shape index (κ1) is 12.6. The summed E-state index contributed by atoms with van der Waals surface area (Å²) in [5.74, 6) is 0. The smallest absolute Gasteiger partial charge is 0.244 e. The van der Waals surface area contributed by atoms with Gasteiger partial charge >= 0.3 is 0 Å². The Morgan fingerprint density at radius 1 is 1.53 bits per heavy atom. The van der Waals surface area contributed by atoms with Gasteiger partial charge in [0.15, 0.2) is 0 Å². The number of hydrogen-bond donors (Lipinski definition) is 2. The van der Waals surface area contributed by atoms with E-state index in [0.717, 1.165) is 0 Å². The van der Waals surface area contributed by atoms with Crippen LogP contribution in [0.3, 0.4) is 0 Å². The molecular weight excluding hydrogens is 240 g/mol. The lowest BCUT2D eigenvalue weighted by Crippen LogP contribution is -2.50. The maximum absolute atomic E-state index is 12.2. The van der Waals surface area contributed by atoms with E-state index in [2.05, 4.69) is 4.98 Å². The van der Waals surface area contributed by atoms with Crippen LogP contribution in [0.4, 0.5) is 0 Å². The van der Waals surface area contributed by atoms with E-state index in [-0.39, 0.29) is 16.9 Å². The lowest BCUT2D eigenvalue weighted by molar-refractivity contribution is -0.000698. The van der Waals surface area contributed by atoms with Crippen LogP contribution in [0.15, 0.2) is 23.4 Å². The van der Waals surface area contributed by atoms with Crippen LogP contribution < -0.4 is 0 Å². The molecule has 2 N–H and O–H groups in total. The van der Waals surface area contributed by atoms with Gasteiger partial charge in [-0.3, -0.25) is 0 Å². The van der Waals surface area contributed by atoms with Crippen molar-refractivity contribution >= 4 is 10.0 Å². The Bertz CT molecular complexity index is 479. The van der Waals surface area contributed by atoms with Crippen LogP contribution in [0.1, 0.15) is 20.3 Å². The number of sulfonamides is 1. The van der Waals surface area contributed by atoms with Gasteiger partial charge in [-0.2, -0.15) is 4.31 Å². The summed E-state index contributed by atoms with van der Waals surface area (Å²) in [6, 6.07) is 1.53. The number of H-pyrrole nitrogens is 1. The first-order chi connectivity index (χ1) is 7.84. The highest BCUT2D eigenvalue weighted by Gasteiger charge is 2.39. The number of rotatable bonds is 2. The summed E-state index contributed by atoms with van der Waals surface area (Å²) in [5.41, 5.74) is -0.218. The number of hydrogen-bond acceptors (Lipinski definition) is 3. The normalized spacial score (nSPS) is 25.9. The Balaban J connectivity index is 2.21. The number of aromatic nitrogens is 1. The Kier molecular flexibility index (Phi) is 3.05. The third kappa shape index (κ3) is 2.25. The summed E-state index contributed by atoms with van der Waals surface area (Å²) in [7, 11) is -3.46. The SMILES string of the molecule is CC1(C)CCN(S(=O)(=O)c2cc[nH]c2)CC1O. The summed E-state index contributed by atoms with van der Waals surface area (Å²) in [4.78, 5) is 2.99. The van der Waals surface area contributed by atoms with Gasteiger partial charge in [0.1, 0.15) is 0 Å². The maximum atomic E-state index is 12.2. The number of aromatic amines is 1. The first-order valence-corrected chi connectivity index (χ1v) is 7.09. The molecule has 0 saturated carbocycles. The fraction of sp³-hybridized carbons (Fsp3) is 0.636. The third-order valence-electron chi connectivity index (χ3n) is 3.49. The molecule has 2 rings (SSSR count). The topological polar surface area (TPSA) is 73.4 Å². The summed E-state index contributed by atoms with van der Waals surface area (Å²) in [5, 5.41) is 9.95. The lowest BCUT2D eigenvalue weighted by atomic mass is 9.81. The summed E-state index contributed by atoms with van der Waals surface area (Å²) >= 11 is 0. The van der Waals surface area contributed by atoms with Crippen LogP contribution in [-0.4, -0.2) is 42.0 Å². The molecule has 0 bridgehead atoms. The van der Waals surface area contributed by atoms with Gasteiger partial charge in [-0.25, -0.2) is 8.42 Å². The molecule has 1 aromatic heterocycles. The predicted molar refractivity (Wildman–Crippen MR) is 64.0 cm³/mol. The van der Waals surface area contributed by atoms with Crippen molar-refractivity contribution in [1.29, 1.82) is 0 Å². The summed E-state index contributed by atoms with van der Waals surface area (Å²) in [6.07, 6.45) is 3.08. The van der Waals surface area contributed by atoms with Gasteiger partial charge in [0.2, 0.25) is 10.0 Å². The minimum absolute atomic E-state index is 0.167. The van der Waals surface area contributed by atoms with E-state index in [1.54, 1.807) is 6.20 Å². The molecule has 96 valence electrons. The van der Waals surface area contributed by atoms with Crippen molar-refractivity contribution in [2.45, 2.75) is 31.3 Å². The lowest BCUT2D eigenvalue weighted by Gasteiger charge is -2.40. The molecule has 17 heavy (non-hydrogen) atoms. The average Bonchev–Trinajstić information content (AvgIpc) is 2.75. The average molecular weight is 258 g/mol. The van der Waals surface area contributed by atoms with Gasteiger partial charge in [-0.05, 0) is 17.9 Å². The molecule has 0 spiro atoms. The molecule has 1 unspecified atom stereocenters. The highest BCUT2D eigenvalue weighted by atomic mass is 32.2. The van der Waals surface area contributed by atoms with Crippen molar-refractivity contribution in [2.24, 2.45) is 5.41 Å². The van der Waals surface area contributed by atoms with Gasteiger partial charge in [0.25, 0.3) is 0 Å². The minimum atomic E-state index is -3.46. The van der Waals surface area contributed by atoms with Crippen LogP contribution in [0.2, 0.25) is 0 Å². The molecule has 0 aliphatic carbocycles. The van der Waals surface area contributed by atoms with Crippen LogP contribution in [0.5, 0.6) is 0 Å². The standard InChI is InChI=1S/C11H18N2O3S/c1-11(2)4-6-13(8-10(11)14)17(15,16)9-3-5-12-7-9/h3,5,7,10,12,14H,4,6,8H2,1-2H3. The molecule has 1 saturated heterocycles. The Morgan fingerprint density at radius 3 is 2.76 bits per heavy atom. The molecular formula is C11H18N2O3S. The fourth-order valence-corrected chi connectivity index (χ4v) is 3.37. The largest absolute Gasteiger partial charge is 0.391 e. The van der Waals surface area contributed by atoms with Crippen molar-refractivity contribution in [1.82, 2.24) is 9.29 Å². The molecule has 2 heterocycles. The predicted octanol–water partition coefficient (Wildman–Crippen LogP) is 0.796. The van der Waals surface area contributed by atoms with Gasteiger partial charge in [0.05, 0.1) is 11.0 Å². The maximum Gasteiger partial charge on any atom is 0.244 e. The molecule has 1 fully saturated rings. The number of nitrogens with one attached hydrogen (secondary N) is 1. The third-order valence-corrected chi connectivity index (χ3v) is 5.35. The Morgan fingerprint density at radius 2 is 2.24 bits per heavy atom. The van der Waals surface area contributed by atoms with Gasteiger partial charge in [-0.15, -0.1) is 0 Å². The van der Waals surface area contributed by atoms with Crippen molar-refractivity contribution < 1.29 is 13.5 Å². The van der Waals surface area contributed by atoms with Crippen LogP contribution in [0.25, 0.3) is 0 Å². The van der Waals surface area contributed by atoms with E-state index in [1.165, 1.54) is 16.6 Å². The van der Waals surface area contributed by atoms with Crippen LogP contribution in [0, 0.1) is 5.41 Å². The van der Waals surface area contributed by atoms with Crippen molar-refractivity contribution in [3.63, 3.8) is 0 Å². The summed E-state index contributed by atoms with van der Waals surface area (Å²) in [6.45, 7) is 4.54. The second-order valence-corrected chi connectivity index (χ2v) is 7.10. The van der Waals surface area contributed by atoms with E-state index in [1.807, 2.05) is 13.8 Å². The molecule has 1 aliphatic heterocycles. The second kappa shape index (κ2) is 4.12. The fourth-order valence-electron chi connectivity index (χ4n) is 1.95. The minimum Gasteiger partial charge on any atom is -0.391 e. The number of β-amino-alcohol motifs (C(OH)–C–C–N with tert-alkyl or cyclic N) is 1. The van der Waals surface area contributed by atoms with Crippen molar-refractivity contribution in [3.8, 4) is 0 Å². The van der Waals surface area contributed by atoms with Gasteiger partial charge < -0.3 is 10.1 Å². The zero-order chi connectivity index (χ0) is 12.7. The Hall–Kier alpha value is -0.850. The highest BCUT2D eigenvalue weighted by molar-refractivity contribution is 7.89. The van der Waals surface area contributed by atoms with Gasteiger partial charge in [0, 0.05) is 25.5 Å². The monoisotopic (exact) mass is 258 g/mol. The van der Waals surface area contributed by atoms with E-state index in [4.69, 9.17) is 0 Å². The number of aliphatic hydroxyl groups excluding tert-OH is 1. The molecule has 1 aliphatic rings. The van der Waals surface area contributed by atoms with E-state index >= 15 is 0 Å². The molecule has 1 atom stereocenters. The molecule has 6 heteroatoms. The molecule has 0 aromatic carbocycles. The second-order valence-electron chi connectivity index (χ2n) is 5.16. The Labute approximate surface area is 102 Å². The summed E-state index contributed by atoms with van der Waals surface area (Å²) < 4.78 is 25.8.